The van der Waals surface area contributed by atoms with E-state index in [2.05, 4.69) is 15.0 Å². The van der Waals surface area contributed by atoms with Gasteiger partial charge in [-0.2, -0.15) is 4.98 Å². The van der Waals surface area contributed by atoms with Crippen molar-refractivity contribution < 1.29 is 0 Å². The fraction of sp³-hybridized carbons (Fsp3) is 0.154. The van der Waals surface area contributed by atoms with Crippen LogP contribution in [0.2, 0.25) is 0 Å². The van der Waals surface area contributed by atoms with Gasteiger partial charge in [-0.25, -0.2) is 9.78 Å². The molecular formula is C13H12N4OS. The molecule has 0 fully saturated rings. The van der Waals surface area contributed by atoms with Gasteiger partial charge >= 0.3 is 5.69 Å². The lowest BCUT2D eigenvalue weighted by atomic mass is 10.2. The van der Waals surface area contributed by atoms with E-state index >= 15 is 0 Å². The minimum Gasteiger partial charge on any atom is -0.341 e. The lowest BCUT2D eigenvalue weighted by molar-refractivity contribution is 0.739. The zero-order valence-corrected chi connectivity index (χ0v) is 11.1. The average Bonchev–Trinajstić information content (AvgIpc) is 2.92. The minimum atomic E-state index is -0.271. The fourth-order valence-corrected chi connectivity index (χ4v) is 2.52. The summed E-state index contributed by atoms with van der Waals surface area (Å²) >= 11 is 1.44. The molecule has 19 heavy (non-hydrogen) atoms. The van der Waals surface area contributed by atoms with Crippen molar-refractivity contribution in [3.05, 3.63) is 52.7 Å². The summed E-state index contributed by atoms with van der Waals surface area (Å²) in [6.45, 7) is 0.475. The Labute approximate surface area is 113 Å². The van der Waals surface area contributed by atoms with E-state index in [1.807, 2.05) is 36.6 Å². The summed E-state index contributed by atoms with van der Waals surface area (Å²) in [5.74, 6) is 0. The van der Waals surface area contributed by atoms with Gasteiger partial charge in [0.05, 0.1) is 12.9 Å². The number of aromatic nitrogens is 4. The molecule has 0 aliphatic carbocycles. The van der Waals surface area contributed by atoms with Crippen molar-refractivity contribution in [1.29, 1.82) is 0 Å². The lowest BCUT2D eigenvalue weighted by Crippen LogP contribution is -2.24. The van der Waals surface area contributed by atoms with E-state index in [0.29, 0.717) is 17.2 Å². The quantitative estimate of drug-likeness (QED) is 0.584. The number of thioether (sulfide) groups is 1. The molecule has 96 valence electrons. The van der Waals surface area contributed by atoms with Crippen molar-refractivity contribution in [3.63, 3.8) is 0 Å². The van der Waals surface area contributed by atoms with Gasteiger partial charge in [0.15, 0.2) is 5.65 Å². The fourth-order valence-electron chi connectivity index (χ4n) is 2.00. The largest absolute Gasteiger partial charge is 0.350 e. The average molecular weight is 272 g/mol. The Hall–Kier alpha value is -2.08. The van der Waals surface area contributed by atoms with E-state index in [9.17, 15) is 4.79 Å². The summed E-state index contributed by atoms with van der Waals surface area (Å²) in [5, 5.41) is 0.682. The Kier molecular flexibility index (Phi) is 3.08. The SMILES string of the molecule is CSc1nc(=O)n(Cc2ccccc2)c2nc[nH]c12. The summed E-state index contributed by atoms with van der Waals surface area (Å²) in [6.07, 6.45) is 3.48. The summed E-state index contributed by atoms with van der Waals surface area (Å²) in [4.78, 5) is 23.5. The van der Waals surface area contributed by atoms with Crippen LogP contribution in [0.25, 0.3) is 11.2 Å². The highest BCUT2D eigenvalue weighted by atomic mass is 32.2. The van der Waals surface area contributed by atoms with Crippen LogP contribution in [0.1, 0.15) is 5.56 Å². The maximum Gasteiger partial charge on any atom is 0.350 e. The minimum absolute atomic E-state index is 0.271. The topological polar surface area (TPSA) is 63.6 Å². The molecule has 0 saturated carbocycles. The van der Waals surface area contributed by atoms with E-state index in [-0.39, 0.29) is 5.69 Å². The second-order valence-corrected chi connectivity index (χ2v) is 4.87. The van der Waals surface area contributed by atoms with Gasteiger partial charge in [-0.15, -0.1) is 11.8 Å². The molecule has 0 aliphatic heterocycles. The third kappa shape index (κ3) is 2.15. The zero-order chi connectivity index (χ0) is 13.2. The van der Waals surface area contributed by atoms with Crippen molar-refractivity contribution in [3.8, 4) is 0 Å². The van der Waals surface area contributed by atoms with Crippen LogP contribution in [-0.4, -0.2) is 25.8 Å². The van der Waals surface area contributed by atoms with Gasteiger partial charge in [0, 0.05) is 0 Å². The Morgan fingerprint density at radius 2 is 2.11 bits per heavy atom. The van der Waals surface area contributed by atoms with E-state index in [1.165, 1.54) is 11.8 Å². The van der Waals surface area contributed by atoms with Gasteiger partial charge in [0.2, 0.25) is 0 Å². The van der Waals surface area contributed by atoms with Crippen LogP contribution in [0.15, 0.2) is 46.5 Å². The van der Waals surface area contributed by atoms with Crippen LogP contribution < -0.4 is 5.69 Å². The number of benzene rings is 1. The molecule has 1 N–H and O–H groups in total. The van der Waals surface area contributed by atoms with Crippen LogP contribution in [0.3, 0.4) is 0 Å². The van der Waals surface area contributed by atoms with Crippen LogP contribution >= 0.6 is 11.8 Å². The Morgan fingerprint density at radius 3 is 2.84 bits per heavy atom. The number of aromatic amines is 1. The standard InChI is InChI=1S/C13H12N4OS/c1-19-12-10-11(15-8-14-10)17(13(18)16-12)7-9-5-3-2-4-6-9/h2-6,8H,7H2,1H3,(H,14,15). The molecule has 2 heterocycles. The van der Waals surface area contributed by atoms with Gasteiger partial charge in [0.25, 0.3) is 0 Å². The van der Waals surface area contributed by atoms with E-state index in [4.69, 9.17) is 0 Å². The number of fused-ring (bicyclic) bond motifs is 1. The van der Waals surface area contributed by atoms with Gasteiger partial charge in [-0.1, -0.05) is 30.3 Å². The van der Waals surface area contributed by atoms with Crippen molar-refractivity contribution in [1.82, 2.24) is 19.5 Å². The van der Waals surface area contributed by atoms with Crippen LogP contribution in [-0.2, 0) is 6.54 Å². The van der Waals surface area contributed by atoms with Crippen LogP contribution in [0.4, 0.5) is 0 Å². The second kappa shape index (κ2) is 4.89. The molecule has 3 rings (SSSR count). The van der Waals surface area contributed by atoms with Gasteiger partial charge in [-0.05, 0) is 11.8 Å². The van der Waals surface area contributed by atoms with Crippen molar-refractivity contribution in [2.75, 3.05) is 6.26 Å². The number of imidazole rings is 1. The van der Waals surface area contributed by atoms with Crippen molar-refractivity contribution >= 4 is 22.9 Å². The van der Waals surface area contributed by atoms with E-state index in [1.54, 1.807) is 10.9 Å². The number of hydrogen-bond acceptors (Lipinski definition) is 4. The van der Waals surface area contributed by atoms with Gasteiger partial charge in [0.1, 0.15) is 10.5 Å². The zero-order valence-electron chi connectivity index (χ0n) is 10.3. The molecule has 1 aromatic carbocycles. The smallest absolute Gasteiger partial charge is 0.341 e. The summed E-state index contributed by atoms with van der Waals surface area (Å²) in [7, 11) is 0. The molecule has 6 heteroatoms. The highest BCUT2D eigenvalue weighted by Crippen LogP contribution is 2.19. The maximum absolute atomic E-state index is 12.1. The Morgan fingerprint density at radius 1 is 1.32 bits per heavy atom. The molecule has 0 spiro atoms. The van der Waals surface area contributed by atoms with Gasteiger partial charge in [-0.3, -0.25) is 4.57 Å². The maximum atomic E-state index is 12.1. The summed E-state index contributed by atoms with van der Waals surface area (Å²) in [5.41, 5.74) is 2.23. The summed E-state index contributed by atoms with van der Waals surface area (Å²) < 4.78 is 1.58. The van der Waals surface area contributed by atoms with Crippen molar-refractivity contribution in [2.45, 2.75) is 11.6 Å². The predicted molar refractivity (Wildman–Crippen MR) is 75.5 cm³/mol. The van der Waals surface area contributed by atoms with Crippen molar-refractivity contribution in [2.24, 2.45) is 0 Å². The molecule has 0 amide bonds. The highest BCUT2D eigenvalue weighted by molar-refractivity contribution is 7.98. The molecule has 0 radical (unpaired) electrons. The molecular weight excluding hydrogens is 260 g/mol. The molecule has 3 aromatic rings. The number of nitrogens with zero attached hydrogens (tertiary/aromatic N) is 3. The third-order valence-corrected chi connectivity index (χ3v) is 3.58. The number of rotatable bonds is 3. The molecule has 0 saturated heterocycles. The van der Waals surface area contributed by atoms with Gasteiger partial charge < -0.3 is 4.98 Å². The Balaban J connectivity index is 2.16. The van der Waals surface area contributed by atoms with E-state index < -0.39 is 0 Å². The second-order valence-electron chi connectivity index (χ2n) is 4.08. The number of hydrogen-bond donors (Lipinski definition) is 1. The highest BCUT2D eigenvalue weighted by Gasteiger charge is 2.12. The first kappa shape index (κ1) is 12.0. The number of nitrogens with one attached hydrogen (secondary N) is 1. The molecule has 0 aliphatic rings. The Bertz CT molecular complexity index is 763. The first-order valence-electron chi connectivity index (χ1n) is 5.81. The molecule has 2 aromatic heterocycles. The summed E-state index contributed by atoms with van der Waals surface area (Å²) in [6, 6.07) is 9.81. The lowest BCUT2D eigenvalue weighted by Gasteiger charge is -2.07. The molecule has 5 nitrogen and oxygen atoms in total. The monoisotopic (exact) mass is 272 g/mol. The third-order valence-electron chi connectivity index (χ3n) is 2.89. The van der Waals surface area contributed by atoms with Crippen LogP contribution in [0, 0.1) is 0 Å². The van der Waals surface area contributed by atoms with E-state index in [0.717, 1.165) is 11.1 Å². The van der Waals surface area contributed by atoms with Crippen LogP contribution in [0.5, 0.6) is 0 Å². The first-order chi connectivity index (χ1) is 9.29. The molecule has 0 atom stereocenters. The molecule has 0 bridgehead atoms. The number of H-pyrrole nitrogens is 1. The molecule has 0 unspecified atom stereocenters. The first-order valence-corrected chi connectivity index (χ1v) is 7.04. The predicted octanol–water partition coefficient (Wildman–Crippen LogP) is 1.89. The normalized spacial score (nSPS) is 11.0.